The predicted octanol–water partition coefficient (Wildman–Crippen LogP) is 15.9. The van der Waals surface area contributed by atoms with Crippen LogP contribution in [0.1, 0.15) is 0 Å². The lowest BCUT2D eigenvalue weighted by Crippen LogP contribution is -2.12. The van der Waals surface area contributed by atoms with Gasteiger partial charge in [0.05, 0.1) is 5.69 Å². The van der Waals surface area contributed by atoms with Crippen LogP contribution in [0, 0.1) is 0 Å². The lowest BCUT2D eigenvalue weighted by atomic mass is 9.87. The van der Waals surface area contributed by atoms with Gasteiger partial charge in [0.2, 0.25) is 0 Å². The number of anilines is 3. The Hall–Kier alpha value is -7.00. The molecule has 0 spiro atoms. The Bertz CT molecular complexity index is 2930. The molecule has 0 aliphatic carbocycles. The van der Waals surface area contributed by atoms with Crippen molar-refractivity contribution in [3.63, 3.8) is 0 Å². The van der Waals surface area contributed by atoms with Gasteiger partial charge in [-0.15, -0.1) is 11.3 Å². The zero-order valence-electron chi connectivity index (χ0n) is 30.7. The van der Waals surface area contributed by atoms with Gasteiger partial charge in [-0.1, -0.05) is 188 Å². The second kappa shape index (κ2) is 14.7. The number of hydrogen-bond acceptors (Lipinski definition) is 2. The van der Waals surface area contributed by atoms with E-state index in [9.17, 15) is 0 Å². The van der Waals surface area contributed by atoms with Gasteiger partial charge in [-0.2, -0.15) is 0 Å². The van der Waals surface area contributed by atoms with E-state index in [1.54, 1.807) is 0 Å². The van der Waals surface area contributed by atoms with Gasteiger partial charge in [0, 0.05) is 37.1 Å². The van der Waals surface area contributed by atoms with Gasteiger partial charge in [0.15, 0.2) is 0 Å². The normalized spacial score (nSPS) is 11.2. The molecule has 1 nitrogen and oxygen atoms in total. The lowest BCUT2D eigenvalue weighted by molar-refractivity contribution is 1.28. The summed E-state index contributed by atoms with van der Waals surface area (Å²) in [6, 6.07) is 81.3. The van der Waals surface area contributed by atoms with Crippen LogP contribution in [-0.4, -0.2) is 0 Å². The molecule has 0 N–H and O–H groups in total. The minimum absolute atomic E-state index is 1.09. The molecular formula is C54H37NS. The number of thiophene rings is 1. The maximum Gasteiger partial charge on any atom is 0.0546 e. The predicted molar refractivity (Wildman–Crippen MR) is 241 cm³/mol. The largest absolute Gasteiger partial charge is 0.310 e. The van der Waals surface area contributed by atoms with Gasteiger partial charge in [-0.25, -0.2) is 0 Å². The first-order valence-electron chi connectivity index (χ1n) is 19.1. The molecule has 0 unspecified atom stereocenters. The first-order valence-corrected chi connectivity index (χ1v) is 19.9. The SMILES string of the molecule is c1ccc(-c2ccc(N(c3ccc(-c4cccc5c4sc4ccccc45)cc3)c3cccc(-c4ccccc4)c3-c3ccccc3-c3ccccc3)cc2)cc1. The molecule has 9 aromatic carbocycles. The summed E-state index contributed by atoms with van der Waals surface area (Å²) in [5, 5.41) is 2.63. The Morgan fingerprint density at radius 3 is 1.41 bits per heavy atom. The van der Waals surface area contributed by atoms with Crippen molar-refractivity contribution >= 4 is 48.6 Å². The van der Waals surface area contributed by atoms with Gasteiger partial charge in [-0.05, 0) is 86.5 Å². The second-order valence-corrected chi connectivity index (χ2v) is 15.1. The van der Waals surface area contributed by atoms with Crippen molar-refractivity contribution in [2.45, 2.75) is 0 Å². The van der Waals surface area contributed by atoms with Crippen LogP contribution < -0.4 is 4.90 Å². The zero-order chi connectivity index (χ0) is 37.3. The van der Waals surface area contributed by atoms with E-state index in [1.165, 1.54) is 75.8 Å². The molecule has 0 saturated heterocycles. The maximum absolute atomic E-state index is 2.43. The van der Waals surface area contributed by atoms with Crippen LogP contribution in [-0.2, 0) is 0 Å². The second-order valence-electron chi connectivity index (χ2n) is 14.1. The average molecular weight is 732 g/mol. The summed E-state index contributed by atoms with van der Waals surface area (Å²) in [5.74, 6) is 0. The summed E-state index contributed by atoms with van der Waals surface area (Å²) >= 11 is 1.87. The zero-order valence-corrected chi connectivity index (χ0v) is 31.5. The van der Waals surface area contributed by atoms with E-state index in [4.69, 9.17) is 0 Å². The molecular weight excluding hydrogens is 695 g/mol. The molecule has 10 rings (SSSR count). The van der Waals surface area contributed by atoms with Gasteiger partial charge in [0.1, 0.15) is 0 Å². The van der Waals surface area contributed by atoms with Gasteiger partial charge in [0.25, 0.3) is 0 Å². The fraction of sp³-hybridized carbons (Fsp3) is 0. The Kier molecular flexibility index (Phi) is 8.79. The molecule has 0 aliphatic rings. The van der Waals surface area contributed by atoms with E-state index in [0.717, 1.165) is 17.1 Å². The molecule has 0 amide bonds. The summed E-state index contributed by atoms with van der Waals surface area (Å²) in [6.45, 7) is 0. The molecule has 10 aromatic rings. The van der Waals surface area contributed by atoms with Crippen molar-refractivity contribution in [1.82, 2.24) is 0 Å². The number of benzene rings is 9. The molecule has 0 bridgehead atoms. The highest BCUT2D eigenvalue weighted by Crippen LogP contribution is 2.48. The van der Waals surface area contributed by atoms with Crippen molar-refractivity contribution in [3.05, 3.63) is 224 Å². The quantitative estimate of drug-likeness (QED) is 0.150. The Labute approximate surface area is 332 Å². The minimum atomic E-state index is 1.09. The van der Waals surface area contributed by atoms with Crippen LogP contribution in [0.2, 0.25) is 0 Å². The third-order valence-electron chi connectivity index (χ3n) is 10.7. The van der Waals surface area contributed by atoms with E-state index >= 15 is 0 Å². The average Bonchev–Trinajstić information content (AvgIpc) is 3.67. The van der Waals surface area contributed by atoms with E-state index in [-0.39, 0.29) is 0 Å². The van der Waals surface area contributed by atoms with Gasteiger partial charge in [-0.3, -0.25) is 0 Å². The molecule has 0 saturated carbocycles. The van der Waals surface area contributed by atoms with Crippen LogP contribution in [0.25, 0.3) is 75.8 Å². The molecule has 0 fully saturated rings. The fourth-order valence-corrected chi connectivity index (χ4v) is 9.30. The fourth-order valence-electron chi connectivity index (χ4n) is 8.06. The van der Waals surface area contributed by atoms with Crippen LogP contribution in [0.5, 0.6) is 0 Å². The van der Waals surface area contributed by atoms with Crippen LogP contribution in [0.3, 0.4) is 0 Å². The molecule has 264 valence electrons. The number of hydrogen-bond donors (Lipinski definition) is 0. The van der Waals surface area contributed by atoms with Crippen molar-refractivity contribution in [2.75, 3.05) is 4.90 Å². The van der Waals surface area contributed by atoms with E-state index in [1.807, 2.05) is 11.3 Å². The highest BCUT2D eigenvalue weighted by molar-refractivity contribution is 7.26. The summed E-state index contributed by atoms with van der Waals surface area (Å²) < 4.78 is 2.64. The Morgan fingerprint density at radius 2 is 0.732 bits per heavy atom. The number of nitrogens with zero attached hydrogens (tertiary/aromatic N) is 1. The topological polar surface area (TPSA) is 3.24 Å². The summed E-state index contributed by atoms with van der Waals surface area (Å²) in [4.78, 5) is 2.43. The highest BCUT2D eigenvalue weighted by Gasteiger charge is 2.23. The third kappa shape index (κ3) is 6.17. The molecule has 0 aliphatic heterocycles. The van der Waals surface area contributed by atoms with E-state index in [0.29, 0.717) is 0 Å². The molecule has 1 heterocycles. The van der Waals surface area contributed by atoms with Crippen LogP contribution in [0.15, 0.2) is 224 Å². The van der Waals surface area contributed by atoms with Gasteiger partial charge < -0.3 is 4.90 Å². The third-order valence-corrected chi connectivity index (χ3v) is 11.9. The summed E-state index contributed by atoms with van der Waals surface area (Å²) in [5.41, 5.74) is 15.3. The van der Waals surface area contributed by atoms with Gasteiger partial charge >= 0.3 is 0 Å². The standard InChI is InChI=1S/C54H37NS/c1-4-16-38(17-5-1)39-30-34-43(35-31-39)55(44-36-32-42(33-37-44)47-26-14-27-50-48-23-12-13-29-52(48)56-54(47)50)51-28-15-25-46(41-20-8-3-9-21-41)53(51)49-24-11-10-22-45(49)40-18-6-2-7-19-40/h1-37H. The molecule has 1 aromatic heterocycles. The monoisotopic (exact) mass is 731 g/mol. The Balaban J connectivity index is 1.19. The van der Waals surface area contributed by atoms with Crippen molar-refractivity contribution in [2.24, 2.45) is 0 Å². The lowest BCUT2D eigenvalue weighted by Gasteiger charge is -2.30. The van der Waals surface area contributed by atoms with Crippen molar-refractivity contribution < 1.29 is 0 Å². The van der Waals surface area contributed by atoms with Crippen LogP contribution in [0.4, 0.5) is 17.1 Å². The molecule has 0 radical (unpaired) electrons. The van der Waals surface area contributed by atoms with E-state index in [2.05, 4.69) is 229 Å². The first-order chi connectivity index (χ1) is 27.8. The molecule has 56 heavy (non-hydrogen) atoms. The minimum Gasteiger partial charge on any atom is -0.310 e. The summed E-state index contributed by atoms with van der Waals surface area (Å²) in [7, 11) is 0. The maximum atomic E-state index is 2.43. The van der Waals surface area contributed by atoms with Crippen molar-refractivity contribution in [1.29, 1.82) is 0 Å². The molecule has 0 atom stereocenters. The van der Waals surface area contributed by atoms with Crippen LogP contribution >= 0.6 is 11.3 Å². The highest BCUT2D eigenvalue weighted by atomic mass is 32.1. The van der Waals surface area contributed by atoms with Crippen molar-refractivity contribution in [3.8, 4) is 55.6 Å². The number of fused-ring (bicyclic) bond motifs is 3. The number of rotatable bonds is 8. The summed E-state index contributed by atoms with van der Waals surface area (Å²) in [6.07, 6.45) is 0. The first kappa shape index (κ1) is 33.6. The molecule has 2 heteroatoms. The van der Waals surface area contributed by atoms with E-state index < -0.39 is 0 Å². The smallest absolute Gasteiger partial charge is 0.0546 e. The Morgan fingerprint density at radius 1 is 0.286 bits per heavy atom.